The molecule has 7 heteroatoms. The van der Waals surface area contributed by atoms with Crippen LogP contribution in [-0.2, 0) is 0 Å². The molecule has 1 atom stereocenters. The van der Waals surface area contributed by atoms with Crippen LogP contribution in [-0.4, -0.2) is 20.7 Å². The van der Waals surface area contributed by atoms with E-state index in [2.05, 4.69) is 26.8 Å². The number of aryl methyl sites for hydroxylation is 1. The Morgan fingerprint density at radius 2 is 1.81 bits per heavy atom. The Bertz CT molecular complexity index is 1310. The van der Waals surface area contributed by atoms with Gasteiger partial charge >= 0.3 is 0 Å². The van der Waals surface area contributed by atoms with Gasteiger partial charge in [-0.3, -0.25) is 10.1 Å². The number of halogens is 1. The second kappa shape index (κ2) is 8.32. The first-order valence-corrected chi connectivity index (χ1v) is 10.6. The van der Waals surface area contributed by atoms with Crippen LogP contribution in [0.5, 0.6) is 0 Å². The topological polar surface area (TPSA) is 71.8 Å². The molecule has 5 rings (SSSR count). The lowest BCUT2D eigenvalue weighted by Gasteiger charge is -2.24. The van der Waals surface area contributed by atoms with Crippen LogP contribution in [0.2, 0.25) is 5.02 Å². The van der Waals surface area contributed by atoms with Crippen molar-refractivity contribution in [2.45, 2.75) is 13.0 Å². The van der Waals surface area contributed by atoms with Crippen molar-refractivity contribution in [1.29, 1.82) is 0 Å². The molecule has 2 heterocycles. The van der Waals surface area contributed by atoms with Gasteiger partial charge in [0, 0.05) is 16.3 Å². The molecule has 0 saturated carbocycles. The van der Waals surface area contributed by atoms with Crippen LogP contribution >= 0.6 is 11.6 Å². The highest BCUT2D eigenvalue weighted by Gasteiger charge is 2.26. The summed E-state index contributed by atoms with van der Waals surface area (Å²) in [6.07, 6.45) is 2.09. The molecule has 2 N–H and O–H groups in total. The molecular formula is C25H20ClN5O. The Kier molecular flexibility index (Phi) is 5.21. The second-order valence-corrected chi connectivity index (χ2v) is 8.03. The number of carbonyl (C=O) groups is 1. The van der Waals surface area contributed by atoms with Crippen LogP contribution in [0.4, 0.5) is 11.9 Å². The van der Waals surface area contributed by atoms with E-state index in [0.29, 0.717) is 16.5 Å². The number of carbonyl (C=O) groups excluding carboxylic acids is 1. The van der Waals surface area contributed by atoms with Crippen LogP contribution in [0.3, 0.4) is 0 Å². The Hall–Kier alpha value is -3.90. The number of anilines is 2. The third-order valence-electron chi connectivity index (χ3n) is 5.27. The van der Waals surface area contributed by atoms with Gasteiger partial charge in [0.05, 0.1) is 0 Å². The van der Waals surface area contributed by atoms with Crippen molar-refractivity contribution >= 4 is 35.1 Å². The summed E-state index contributed by atoms with van der Waals surface area (Å²) in [4.78, 5) is 17.3. The van der Waals surface area contributed by atoms with E-state index in [1.807, 2.05) is 79.7 Å². The molecule has 4 aromatic rings. The highest BCUT2D eigenvalue weighted by atomic mass is 35.5. The van der Waals surface area contributed by atoms with Crippen LogP contribution < -0.4 is 10.6 Å². The average molecular weight is 442 g/mol. The lowest BCUT2D eigenvalue weighted by Crippen LogP contribution is -2.20. The predicted molar refractivity (Wildman–Crippen MR) is 127 cm³/mol. The van der Waals surface area contributed by atoms with Gasteiger partial charge in [0.15, 0.2) is 0 Å². The Balaban J connectivity index is 1.51. The molecule has 0 saturated heterocycles. The van der Waals surface area contributed by atoms with E-state index in [9.17, 15) is 4.79 Å². The zero-order chi connectivity index (χ0) is 22.1. The highest BCUT2D eigenvalue weighted by molar-refractivity contribution is 6.30. The van der Waals surface area contributed by atoms with E-state index in [1.165, 1.54) is 0 Å². The fourth-order valence-electron chi connectivity index (χ4n) is 3.69. The van der Waals surface area contributed by atoms with Gasteiger partial charge in [0.25, 0.3) is 11.9 Å². The van der Waals surface area contributed by atoms with Gasteiger partial charge in [0.2, 0.25) is 5.95 Å². The number of amides is 1. The fraction of sp³-hybridized carbons (Fsp3) is 0.0800. The quantitative estimate of drug-likeness (QED) is 0.435. The SMILES string of the molecule is Cc1cccc(C(=O)Nc2nc3n(n2)[C@@H](c2ccc(Cl)cc2)C=C(c2ccccc2)N3)c1. The number of hydrogen-bond donors (Lipinski definition) is 2. The summed E-state index contributed by atoms with van der Waals surface area (Å²) in [6.45, 7) is 1.95. The summed E-state index contributed by atoms with van der Waals surface area (Å²) in [7, 11) is 0. The first-order chi connectivity index (χ1) is 15.6. The van der Waals surface area contributed by atoms with E-state index in [-0.39, 0.29) is 17.9 Å². The van der Waals surface area contributed by atoms with Crippen molar-refractivity contribution in [1.82, 2.24) is 14.8 Å². The van der Waals surface area contributed by atoms with Crippen LogP contribution in [0, 0.1) is 6.92 Å². The molecule has 0 radical (unpaired) electrons. The second-order valence-electron chi connectivity index (χ2n) is 7.59. The molecule has 1 aliphatic rings. The Labute approximate surface area is 190 Å². The molecule has 1 amide bonds. The maximum Gasteiger partial charge on any atom is 0.258 e. The zero-order valence-corrected chi connectivity index (χ0v) is 18.0. The number of nitrogens with zero attached hydrogens (tertiary/aromatic N) is 3. The predicted octanol–water partition coefficient (Wildman–Crippen LogP) is 5.55. The highest BCUT2D eigenvalue weighted by Crippen LogP contribution is 2.33. The van der Waals surface area contributed by atoms with Gasteiger partial charge in [-0.25, -0.2) is 4.68 Å². The largest absolute Gasteiger partial charge is 0.324 e. The minimum Gasteiger partial charge on any atom is -0.324 e. The summed E-state index contributed by atoms with van der Waals surface area (Å²) >= 11 is 6.10. The van der Waals surface area contributed by atoms with E-state index in [4.69, 9.17) is 11.6 Å². The van der Waals surface area contributed by atoms with Gasteiger partial charge in [-0.15, -0.1) is 5.10 Å². The van der Waals surface area contributed by atoms with E-state index >= 15 is 0 Å². The van der Waals surface area contributed by atoms with E-state index in [1.54, 1.807) is 10.7 Å². The number of rotatable bonds is 4. The number of nitrogens with one attached hydrogen (secondary N) is 2. The lowest BCUT2D eigenvalue weighted by molar-refractivity contribution is 0.102. The number of aromatic nitrogens is 3. The van der Waals surface area contributed by atoms with E-state index < -0.39 is 0 Å². The van der Waals surface area contributed by atoms with Crippen molar-refractivity contribution in [3.05, 3.63) is 112 Å². The smallest absolute Gasteiger partial charge is 0.258 e. The summed E-state index contributed by atoms with van der Waals surface area (Å²) in [5, 5.41) is 11.4. The number of benzene rings is 3. The maximum atomic E-state index is 12.7. The number of fused-ring (bicyclic) bond motifs is 1. The van der Waals surface area contributed by atoms with E-state index in [0.717, 1.165) is 22.4 Å². The van der Waals surface area contributed by atoms with Crippen LogP contribution in [0.25, 0.3) is 5.70 Å². The zero-order valence-electron chi connectivity index (χ0n) is 17.3. The van der Waals surface area contributed by atoms with Gasteiger partial charge < -0.3 is 5.32 Å². The van der Waals surface area contributed by atoms with Crippen molar-refractivity contribution < 1.29 is 4.79 Å². The molecule has 158 valence electrons. The van der Waals surface area contributed by atoms with Crippen molar-refractivity contribution in [3.8, 4) is 0 Å². The normalized spacial score (nSPS) is 14.8. The Morgan fingerprint density at radius 3 is 2.56 bits per heavy atom. The Morgan fingerprint density at radius 1 is 1.03 bits per heavy atom. The van der Waals surface area contributed by atoms with Crippen molar-refractivity contribution in [2.24, 2.45) is 0 Å². The molecule has 0 spiro atoms. The molecule has 0 aliphatic carbocycles. The first kappa shape index (κ1) is 20.0. The molecule has 0 bridgehead atoms. The van der Waals surface area contributed by atoms with Gasteiger partial charge in [-0.1, -0.05) is 71.8 Å². The maximum absolute atomic E-state index is 12.7. The molecular weight excluding hydrogens is 422 g/mol. The molecule has 0 fully saturated rings. The third-order valence-corrected chi connectivity index (χ3v) is 5.52. The summed E-state index contributed by atoms with van der Waals surface area (Å²) in [6, 6.07) is 24.8. The molecule has 1 aromatic heterocycles. The molecule has 1 aliphatic heterocycles. The molecule has 6 nitrogen and oxygen atoms in total. The monoisotopic (exact) mass is 441 g/mol. The molecule has 0 unspecified atom stereocenters. The van der Waals surface area contributed by atoms with Gasteiger partial charge in [-0.2, -0.15) is 4.98 Å². The summed E-state index contributed by atoms with van der Waals surface area (Å²) in [5.41, 5.74) is 4.53. The number of allylic oxidation sites excluding steroid dienone is 1. The standard InChI is InChI=1S/C25H20ClN5O/c1-16-6-5-9-19(14-16)23(32)28-24-29-25-27-21(17-7-3-2-4-8-17)15-22(31(25)30-24)18-10-12-20(26)13-11-18/h2-15,22H,1H3,(H2,27,28,29,30,32)/t22-/m1/s1. The van der Waals surface area contributed by atoms with Crippen molar-refractivity contribution in [2.75, 3.05) is 10.6 Å². The summed E-state index contributed by atoms with van der Waals surface area (Å²) in [5.74, 6) is 0.530. The van der Waals surface area contributed by atoms with Crippen molar-refractivity contribution in [3.63, 3.8) is 0 Å². The number of hydrogen-bond acceptors (Lipinski definition) is 4. The fourth-order valence-corrected chi connectivity index (χ4v) is 3.82. The van der Waals surface area contributed by atoms with Gasteiger partial charge in [-0.05, 0) is 48.4 Å². The minimum atomic E-state index is -0.254. The molecule has 3 aromatic carbocycles. The van der Waals surface area contributed by atoms with Crippen LogP contribution in [0.15, 0.2) is 84.9 Å². The summed E-state index contributed by atoms with van der Waals surface area (Å²) < 4.78 is 1.77. The van der Waals surface area contributed by atoms with Crippen LogP contribution in [0.1, 0.15) is 33.1 Å². The van der Waals surface area contributed by atoms with Gasteiger partial charge in [0.1, 0.15) is 6.04 Å². The molecule has 32 heavy (non-hydrogen) atoms. The minimum absolute atomic E-state index is 0.212. The first-order valence-electron chi connectivity index (χ1n) is 10.2. The average Bonchev–Trinajstić information content (AvgIpc) is 3.22. The third kappa shape index (κ3) is 4.00. The lowest BCUT2D eigenvalue weighted by atomic mass is 10.0.